The molecular formula is C11H15F3N2. The van der Waals surface area contributed by atoms with Gasteiger partial charge in [0.05, 0.1) is 0 Å². The predicted molar refractivity (Wildman–Crippen MR) is 56.3 cm³/mol. The third-order valence-corrected chi connectivity index (χ3v) is 2.30. The Balaban J connectivity index is 2.61. The van der Waals surface area contributed by atoms with Gasteiger partial charge in [-0.05, 0) is 37.6 Å². The summed E-state index contributed by atoms with van der Waals surface area (Å²) in [5, 5.41) is 3.04. The van der Waals surface area contributed by atoms with Gasteiger partial charge in [-0.15, -0.1) is 0 Å². The van der Waals surface area contributed by atoms with Crippen LogP contribution in [-0.2, 0) is 6.54 Å². The molecule has 1 unspecified atom stereocenters. The molecule has 90 valence electrons. The van der Waals surface area contributed by atoms with Crippen molar-refractivity contribution in [3.8, 4) is 0 Å². The van der Waals surface area contributed by atoms with Crippen molar-refractivity contribution in [3.63, 3.8) is 0 Å². The van der Waals surface area contributed by atoms with E-state index in [1.165, 1.54) is 0 Å². The van der Waals surface area contributed by atoms with E-state index in [-0.39, 0.29) is 12.6 Å². The van der Waals surface area contributed by atoms with Crippen molar-refractivity contribution in [2.24, 2.45) is 5.73 Å². The largest absolute Gasteiger partial charge is 0.330 e. The lowest BCUT2D eigenvalue weighted by atomic mass is 10.1. The molecule has 1 aromatic rings. The van der Waals surface area contributed by atoms with Crippen LogP contribution in [0.5, 0.6) is 0 Å². The van der Waals surface area contributed by atoms with Crippen molar-refractivity contribution < 1.29 is 13.2 Å². The minimum atomic E-state index is -1.43. The first-order valence-corrected chi connectivity index (χ1v) is 5.11. The van der Waals surface area contributed by atoms with Gasteiger partial charge in [-0.3, -0.25) is 0 Å². The molecule has 16 heavy (non-hydrogen) atoms. The molecule has 0 fully saturated rings. The van der Waals surface area contributed by atoms with Gasteiger partial charge >= 0.3 is 0 Å². The van der Waals surface area contributed by atoms with Gasteiger partial charge in [0.25, 0.3) is 0 Å². The van der Waals surface area contributed by atoms with Crippen LogP contribution in [0.4, 0.5) is 13.2 Å². The van der Waals surface area contributed by atoms with Gasteiger partial charge in [0.2, 0.25) is 0 Å². The normalized spacial score (nSPS) is 12.8. The molecular weight excluding hydrogens is 217 g/mol. The first kappa shape index (κ1) is 13.0. The van der Waals surface area contributed by atoms with Crippen molar-refractivity contribution >= 4 is 0 Å². The van der Waals surface area contributed by atoms with E-state index < -0.39 is 17.5 Å². The van der Waals surface area contributed by atoms with Crippen LogP contribution in [-0.4, -0.2) is 12.6 Å². The predicted octanol–water partition coefficient (Wildman–Crippen LogP) is 1.93. The number of hydrogen-bond donors (Lipinski definition) is 2. The summed E-state index contributed by atoms with van der Waals surface area (Å²) in [4.78, 5) is 0. The zero-order valence-corrected chi connectivity index (χ0v) is 9.06. The Kier molecular flexibility index (Phi) is 4.76. The van der Waals surface area contributed by atoms with E-state index in [0.717, 1.165) is 18.6 Å². The molecule has 0 aliphatic carbocycles. The topological polar surface area (TPSA) is 38.0 Å². The highest BCUT2D eigenvalue weighted by Gasteiger charge is 2.10. The zero-order valence-electron chi connectivity index (χ0n) is 9.06. The molecule has 0 amide bonds. The van der Waals surface area contributed by atoms with E-state index in [1.807, 2.05) is 6.92 Å². The number of halogens is 3. The van der Waals surface area contributed by atoms with Gasteiger partial charge in [0.1, 0.15) is 0 Å². The van der Waals surface area contributed by atoms with Crippen molar-refractivity contribution in [1.29, 1.82) is 0 Å². The lowest BCUT2D eigenvalue weighted by Crippen LogP contribution is -2.27. The Morgan fingerprint density at radius 2 is 1.81 bits per heavy atom. The quantitative estimate of drug-likeness (QED) is 0.761. The second-order valence-electron chi connectivity index (χ2n) is 3.73. The van der Waals surface area contributed by atoms with Crippen molar-refractivity contribution in [1.82, 2.24) is 5.32 Å². The first-order chi connectivity index (χ1) is 7.54. The fraction of sp³-hybridized carbons (Fsp3) is 0.455. The Labute approximate surface area is 92.6 Å². The third kappa shape index (κ3) is 3.50. The first-order valence-electron chi connectivity index (χ1n) is 5.11. The maximum atomic E-state index is 12.8. The van der Waals surface area contributed by atoms with Gasteiger partial charge in [-0.25, -0.2) is 13.2 Å². The minimum absolute atomic E-state index is 0.154. The van der Waals surface area contributed by atoms with Crippen LogP contribution in [0.2, 0.25) is 0 Å². The molecule has 0 radical (unpaired) electrons. The average Bonchev–Trinajstić information content (AvgIpc) is 2.23. The van der Waals surface area contributed by atoms with E-state index in [1.54, 1.807) is 0 Å². The van der Waals surface area contributed by atoms with Crippen LogP contribution in [0.1, 0.15) is 18.9 Å². The molecule has 1 atom stereocenters. The molecule has 0 aromatic heterocycles. The summed E-state index contributed by atoms with van der Waals surface area (Å²) in [6.45, 7) is 2.75. The second-order valence-corrected chi connectivity index (χ2v) is 3.73. The van der Waals surface area contributed by atoms with Gasteiger partial charge in [0, 0.05) is 12.6 Å². The highest BCUT2D eigenvalue weighted by Crippen LogP contribution is 2.13. The zero-order chi connectivity index (χ0) is 12.1. The number of nitrogens with one attached hydrogen (secondary N) is 1. The van der Waals surface area contributed by atoms with Gasteiger partial charge in [-0.2, -0.15) is 0 Å². The molecule has 5 heteroatoms. The Hall–Kier alpha value is -1.07. The molecule has 0 spiro atoms. The van der Waals surface area contributed by atoms with Crippen molar-refractivity contribution in [2.45, 2.75) is 25.9 Å². The van der Waals surface area contributed by atoms with E-state index in [0.29, 0.717) is 12.1 Å². The smallest absolute Gasteiger partial charge is 0.194 e. The van der Waals surface area contributed by atoms with Crippen LogP contribution < -0.4 is 11.1 Å². The molecule has 3 N–H and O–H groups in total. The molecule has 0 heterocycles. The molecule has 1 rings (SSSR count). The van der Waals surface area contributed by atoms with Crippen LogP contribution in [0.15, 0.2) is 12.1 Å². The molecule has 1 aromatic carbocycles. The standard InChI is InChI=1S/C11H15F3N2/c1-7(2-3-15)16-6-8-4-9(12)11(14)10(13)5-8/h4-5,7,16H,2-3,6,15H2,1H3. The SMILES string of the molecule is CC(CCN)NCc1cc(F)c(F)c(F)c1. The number of nitrogens with two attached hydrogens (primary N) is 1. The summed E-state index contributed by atoms with van der Waals surface area (Å²) in [5.41, 5.74) is 5.73. The summed E-state index contributed by atoms with van der Waals surface area (Å²) in [7, 11) is 0. The summed E-state index contributed by atoms with van der Waals surface area (Å²) in [5.74, 6) is -3.76. The van der Waals surface area contributed by atoms with Crippen LogP contribution in [0, 0.1) is 17.5 Å². The fourth-order valence-corrected chi connectivity index (χ4v) is 1.35. The summed E-state index contributed by atoms with van der Waals surface area (Å²) >= 11 is 0. The Morgan fingerprint density at radius 1 is 1.25 bits per heavy atom. The molecule has 0 bridgehead atoms. The Bertz CT molecular complexity index is 332. The van der Waals surface area contributed by atoms with Gasteiger partial charge in [-0.1, -0.05) is 0 Å². The average molecular weight is 232 g/mol. The summed E-state index contributed by atoms with van der Waals surface area (Å²) in [6.07, 6.45) is 0.770. The number of rotatable bonds is 5. The molecule has 0 aliphatic rings. The van der Waals surface area contributed by atoms with E-state index in [4.69, 9.17) is 5.73 Å². The molecule has 2 nitrogen and oxygen atoms in total. The summed E-state index contributed by atoms with van der Waals surface area (Å²) in [6, 6.07) is 2.13. The highest BCUT2D eigenvalue weighted by molar-refractivity contribution is 5.19. The number of hydrogen-bond acceptors (Lipinski definition) is 2. The van der Waals surface area contributed by atoms with Crippen LogP contribution >= 0.6 is 0 Å². The monoisotopic (exact) mass is 232 g/mol. The maximum Gasteiger partial charge on any atom is 0.194 e. The van der Waals surface area contributed by atoms with Crippen LogP contribution in [0.3, 0.4) is 0 Å². The van der Waals surface area contributed by atoms with Crippen molar-refractivity contribution in [3.05, 3.63) is 35.1 Å². The molecule has 0 saturated carbocycles. The lowest BCUT2D eigenvalue weighted by Gasteiger charge is -2.12. The number of benzene rings is 1. The van der Waals surface area contributed by atoms with Crippen molar-refractivity contribution in [2.75, 3.05) is 6.54 Å². The second kappa shape index (κ2) is 5.86. The van der Waals surface area contributed by atoms with Crippen LogP contribution in [0.25, 0.3) is 0 Å². The van der Waals surface area contributed by atoms with E-state index in [2.05, 4.69) is 5.32 Å². The lowest BCUT2D eigenvalue weighted by molar-refractivity contribution is 0.442. The maximum absolute atomic E-state index is 12.8. The fourth-order valence-electron chi connectivity index (χ4n) is 1.35. The highest BCUT2D eigenvalue weighted by atomic mass is 19.2. The third-order valence-electron chi connectivity index (χ3n) is 2.30. The Morgan fingerprint density at radius 3 is 2.31 bits per heavy atom. The van der Waals surface area contributed by atoms with E-state index in [9.17, 15) is 13.2 Å². The van der Waals surface area contributed by atoms with Gasteiger partial charge in [0.15, 0.2) is 17.5 Å². The summed E-state index contributed by atoms with van der Waals surface area (Å²) < 4.78 is 38.3. The molecule has 0 aliphatic heterocycles. The molecule has 0 saturated heterocycles. The van der Waals surface area contributed by atoms with Gasteiger partial charge < -0.3 is 11.1 Å². The minimum Gasteiger partial charge on any atom is -0.330 e. The van der Waals surface area contributed by atoms with E-state index >= 15 is 0 Å².